The summed E-state index contributed by atoms with van der Waals surface area (Å²) < 4.78 is 17.7. The zero-order chi connectivity index (χ0) is 13.7. The number of esters is 1. The predicted octanol–water partition coefficient (Wildman–Crippen LogP) is 2.03. The largest absolute Gasteiger partial charge is 0.469 e. The van der Waals surface area contributed by atoms with E-state index in [1.807, 2.05) is 0 Å². The van der Waals surface area contributed by atoms with Crippen LogP contribution in [-0.4, -0.2) is 24.0 Å². The van der Waals surface area contributed by atoms with Crippen molar-refractivity contribution in [2.45, 2.75) is 18.9 Å². The molecule has 4 nitrogen and oxygen atoms in total. The second-order valence-electron chi connectivity index (χ2n) is 3.65. The molecule has 0 aliphatic carbocycles. The molecule has 0 amide bonds. The molecule has 0 aromatic heterocycles. The Labute approximate surface area is 108 Å². The quantitative estimate of drug-likeness (QED) is 0.659. The molecule has 0 radical (unpaired) electrons. The molecule has 0 fully saturated rings. The number of aliphatic hydroxyl groups is 1. The molecule has 0 saturated carbocycles. The maximum atomic E-state index is 13.4. The molecule has 1 atom stereocenters. The fraction of sp³-hybridized carbons (Fsp3) is 0.333. The van der Waals surface area contributed by atoms with Crippen LogP contribution in [-0.2, 0) is 14.3 Å². The van der Waals surface area contributed by atoms with E-state index in [0.29, 0.717) is 0 Å². The molecule has 0 bridgehead atoms. The van der Waals surface area contributed by atoms with Crippen LogP contribution < -0.4 is 0 Å². The van der Waals surface area contributed by atoms with Gasteiger partial charge in [-0.05, 0) is 12.1 Å². The van der Waals surface area contributed by atoms with Crippen LogP contribution >= 0.6 is 11.6 Å². The Hall–Kier alpha value is -1.46. The number of aliphatic hydroxyl groups excluding tert-OH is 1. The Morgan fingerprint density at radius 1 is 1.50 bits per heavy atom. The number of hydrogen-bond acceptors (Lipinski definition) is 4. The molecule has 0 aliphatic rings. The van der Waals surface area contributed by atoms with Crippen molar-refractivity contribution in [1.82, 2.24) is 0 Å². The minimum Gasteiger partial charge on any atom is -0.469 e. The van der Waals surface area contributed by atoms with Crippen molar-refractivity contribution >= 4 is 23.4 Å². The van der Waals surface area contributed by atoms with Gasteiger partial charge in [-0.1, -0.05) is 17.7 Å². The van der Waals surface area contributed by atoms with Crippen LogP contribution in [0.5, 0.6) is 0 Å². The molecule has 98 valence electrons. The van der Waals surface area contributed by atoms with Crippen LogP contribution in [0.15, 0.2) is 18.2 Å². The summed E-state index contributed by atoms with van der Waals surface area (Å²) >= 11 is 5.74. The third-order valence-electron chi connectivity index (χ3n) is 2.32. The fourth-order valence-electron chi connectivity index (χ4n) is 1.45. The van der Waals surface area contributed by atoms with Crippen LogP contribution in [0.25, 0.3) is 0 Å². The molecule has 1 aromatic carbocycles. The van der Waals surface area contributed by atoms with Crippen molar-refractivity contribution in [3.05, 3.63) is 34.6 Å². The number of carbonyl (C=O) groups excluding carboxylic acids is 2. The third kappa shape index (κ3) is 3.78. The van der Waals surface area contributed by atoms with Crippen molar-refractivity contribution in [3.63, 3.8) is 0 Å². The minimum absolute atomic E-state index is 0.0355. The zero-order valence-corrected chi connectivity index (χ0v) is 10.4. The van der Waals surface area contributed by atoms with Crippen molar-refractivity contribution in [1.29, 1.82) is 0 Å². The van der Waals surface area contributed by atoms with E-state index in [4.69, 9.17) is 11.6 Å². The van der Waals surface area contributed by atoms with Gasteiger partial charge in [0.25, 0.3) is 0 Å². The van der Waals surface area contributed by atoms with E-state index in [1.165, 1.54) is 12.1 Å². The van der Waals surface area contributed by atoms with Gasteiger partial charge < -0.3 is 9.84 Å². The van der Waals surface area contributed by atoms with Crippen LogP contribution in [0.3, 0.4) is 0 Å². The zero-order valence-electron chi connectivity index (χ0n) is 9.65. The fourth-order valence-corrected chi connectivity index (χ4v) is 1.74. The smallest absolute Gasteiger partial charge is 0.313 e. The summed E-state index contributed by atoms with van der Waals surface area (Å²) in [6.07, 6.45) is -2.23. The number of hydrogen-bond donors (Lipinski definition) is 1. The summed E-state index contributed by atoms with van der Waals surface area (Å²) in [4.78, 5) is 22.2. The van der Waals surface area contributed by atoms with Gasteiger partial charge in [-0.2, -0.15) is 0 Å². The third-order valence-corrected chi connectivity index (χ3v) is 2.65. The van der Waals surface area contributed by atoms with Gasteiger partial charge in [0.15, 0.2) is 0 Å². The number of methoxy groups -OCH3 is 1. The Bertz CT molecular complexity index is 441. The van der Waals surface area contributed by atoms with Gasteiger partial charge in [-0.3, -0.25) is 9.59 Å². The lowest BCUT2D eigenvalue weighted by Gasteiger charge is -2.12. The van der Waals surface area contributed by atoms with E-state index < -0.39 is 36.5 Å². The van der Waals surface area contributed by atoms with Gasteiger partial charge in [-0.25, -0.2) is 4.39 Å². The molecule has 1 N–H and O–H groups in total. The second-order valence-corrected chi connectivity index (χ2v) is 4.05. The Balaban J connectivity index is 2.74. The van der Waals surface area contributed by atoms with E-state index in [0.717, 1.165) is 13.2 Å². The summed E-state index contributed by atoms with van der Waals surface area (Å²) in [7, 11) is 1.15. The summed E-state index contributed by atoms with van der Waals surface area (Å²) in [6, 6.07) is 3.94. The first-order valence-corrected chi connectivity index (χ1v) is 5.54. The summed E-state index contributed by atoms with van der Waals surface area (Å²) in [5.41, 5.74) is -0.141. The van der Waals surface area contributed by atoms with Crippen molar-refractivity contribution in [2.24, 2.45) is 0 Å². The molecule has 1 unspecified atom stereocenters. The van der Waals surface area contributed by atoms with E-state index in [2.05, 4.69) is 4.74 Å². The highest BCUT2D eigenvalue weighted by Crippen LogP contribution is 2.28. The number of ketones is 1. The Morgan fingerprint density at radius 3 is 2.72 bits per heavy atom. The number of ether oxygens (including phenoxy) is 1. The van der Waals surface area contributed by atoms with Crippen LogP contribution in [0, 0.1) is 5.82 Å². The van der Waals surface area contributed by atoms with E-state index in [1.54, 1.807) is 0 Å². The molecule has 1 rings (SSSR count). The molecule has 18 heavy (non-hydrogen) atoms. The average Bonchev–Trinajstić information content (AvgIpc) is 2.28. The molecule has 0 spiro atoms. The van der Waals surface area contributed by atoms with Crippen molar-refractivity contribution in [3.8, 4) is 0 Å². The number of Topliss-reactive ketones (excluding diaryl/α,β-unsaturated/α-hetero) is 1. The number of rotatable bonds is 5. The van der Waals surface area contributed by atoms with Gasteiger partial charge in [0.2, 0.25) is 0 Å². The number of halogens is 2. The first-order valence-electron chi connectivity index (χ1n) is 5.16. The molecular weight excluding hydrogens is 263 g/mol. The summed E-state index contributed by atoms with van der Waals surface area (Å²) in [5, 5.41) is 9.78. The first kappa shape index (κ1) is 14.6. The van der Waals surface area contributed by atoms with Crippen LogP contribution in [0.1, 0.15) is 24.5 Å². The second kappa shape index (κ2) is 6.47. The molecule has 1 aromatic rings. The predicted molar refractivity (Wildman–Crippen MR) is 62.6 cm³/mol. The van der Waals surface area contributed by atoms with Crippen molar-refractivity contribution < 1.29 is 23.8 Å². The highest BCUT2D eigenvalue weighted by atomic mass is 35.5. The summed E-state index contributed by atoms with van der Waals surface area (Å²) in [5.74, 6) is -1.94. The molecule has 0 aliphatic heterocycles. The lowest BCUT2D eigenvalue weighted by Crippen LogP contribution is -2.13. The summed E-state index contributed by atoms with van der Waals surface area (Å²) in [6.45, 7) is 0. The van der Waals surface area contributed by atoms with Gasteiger partial charge in [-0.15, -0.1) is 0 Å². The van der Waals surface area contributed by atoms with Gasteiger partial charge in [0.1, 0.15) is 18.0 Å². The standard InChI is InChI=1S/C12H12ClFO4/c1-18-11(17)6-7(15)5-10(16)12-8(13)3-2-4-9(12)14/h2-4,10,16H,5-6H2,1H3. The normalized spacial score (nSPS) is 12.0. The van der Waals surface area contributed by atoms with Gasteiger partial charge in [0.05, 0.1) is 13.2 Å². The monoisotopic (exact) mass is 274 g/mol. The number of carbonyl (C=O) groups is 2. The molecule has 0 heterocycles. The van der Waals surface area contributed by atoms with Gasteiger partial charge >= 0.3 is 5.97 Å². The lowest BCUT2D eigenvalue weighted by molar-refractivity contribution is -0.143. The Morgan fingerprint density at radius 2 is 2.17 bits per heavy atom. The maximum Gasteiger partial charge on any atom is 0.313 e. The van der Waals surface area contributed by atoms with E-state index in [-0.39, 0.29) is 10.6 Å². The van der Waals surface area contributed by atoms with Crippen LogP contribution in [0.4, 0.5) is 4.39 Å². The highest BCUT2D eigenvalue weighted by molar-refractivity contribution is 6.31. The van der Waals surface area contributed by atoms with Gasteiger partial charge in [0, 0.05) is 17.0 Å². The first-order chi connectivity index (χ1) is 8.45. The molecular formula is C12H12ClFO4. The highest BCUT2D eigenvalue weighted by Gasteiger charge is 2.21. The topological polar surface area (TPSA) is 63.6 Å². The average molecular weight is 275 g/mol. The SMILES string of the molecule is COC(=O)CC(=O)CC(O)c1c(F)cccc1Cl. The van der Waals surface area contributed by atoms with Crippen molar-refractivity contribution in [2.75, 3.05) is 7.11 Å². The minimum atomic E-state index is -1.38. The maximum absolute atomic E-state index is 13.4. The molecule has 6 heteroatoms. The molecule has 0 saturated heterocycles. The number of benzene rings is 1. The van der Waals surface area contributed by atoms with Crippen LogP contribution in [0.2, 0.25) is 5.02 Å². The lowest BCUT2D eigenvalue weighted by atomic mass is 10.0. The van der Waals surface area contributed by atoms with E-state index >= 15 is 0 Å². The van der Waals surface area contributed by atoms with E-state index in [9.17, 15) is 19.1 Å². The Kier molecular flexibility index (Phi) is 5.25.